The molecule has 2 aliphatic heterocycles. The predicted octanol–water partition coefficient (Wildman–Crippen LogP) is 2.91. The van der Waals surface area contributed by atoms with Gasteiger partial charge in [-0.15, -0.1) is 0 Å². The number of rotatable bonds is 2. The van der Waals surface area contributed by atoms with Crippen molar-refractivity contribution in [3.05, 3.63) is 77.1 Å². The van der Waals surface area contributed by atoms with Crippen molar-refractivity contribution in [2.24, 2.45) is 7.05 Å². The molecule has 1 fully saturated rings. The number of carbonyl (C=O) groups is 2. The fourth-order valence-electron chi connectivity index (χ4n) is 4.86. The highest BCUT2D eigenvalue weighted by Crippen LogP contribution is 2.54. The Kier molecular flexibility index (Phi) is 3.96. The second kappa shape index (κ2) is 6.45. The molecule has 1 aromatic heterocycles. The number of phenols is 1. The Morgan fingerprint density at radius 2 is 2.07 bits per heavy atom. The zero-order chi connectivity index (χ0) is 21.0. The fourth-order valence-corrected chi connectivity index (χ4v) is 4.86. The van der Waals surface area contributed by atoms with Gasteiger partial charge in [-0.1, -0.05) is 24.3 Å². The summed E-state index contributed by atoms with van der Waals surface area (Å²) in [5.41, 5.74) is 2.74. The zero-order valence-corrected chi connectivity index (χ0v) is 16.8. The third kappa shape index (κ3) is 2.48. The lowest BCUT2D eigenvalue weighted by Crippen LogP contribution is -2.42. The maximum Gasteiger partial charge on any atom is 0.254 e. The van der Waals surface area contributed by atoms with Crippen LogP contribution >= 0.6 is 0 Å². The normalized spacial score (nSPS) is 22.4. The first-order chi connectivity index (χ1) is 14.4. The van der Waals surface area contributed by atoms with Crippen molar-refractivity contribution >= 4 is 17.5 Å². The Morgan fingerprint density at radius 3 is 2.80 bits per heavy atom. The number of fused-ring (bicyclic) bond motifs is 2. The summed E-state index contributed by atoms with van der Waals surface area (Å²) in [4.78, 5) is 28.6. The van der Waals surface area contributed by atoms with Crippen LogP contribution in [0.25, 0.3) is 0 Å². The number of hydrogen-bond acceptors (Lipinski definition) is 4. The first kappa shape index (κ1) is 18.4. The Morgan fingerprint density at radius 1 is 1.27 bits per heavy atom. The Hall–Kier alpha value is -3.61. The van der Waals surface area contributed by atoms with Gasteiger partial charge >= 0.3 is 0 Å². The lowest BCUT2D eigenvalue weighted by atomic mass is 9.73. The van der Waals surface area contributed by atoms with E-state index in [1.54, 1.807) is 34.8 Å². The first-order valence-electron chi connectivity index (χ1n) is 9.92. The molecule has 152 valence electrons. The third-order valence-electron chi connectivity index (χ3n) is 6.34. The number of aromatic nitrogens is 2. The topological polar surface area (TPSA) is 87.5 Å². The van der Waals surface area contributed by atoms with E-state index in [9.17, 15) is 14.7 Å². The number of nitrogens with zero attached hydrogens (tertiary/aromatic N) is 3. The lowest BCUT2D eigenvalue weighted by molar-refractivity contribution is -0.121. The summed E-state index contributed by atoms with van der Waals surface area (Å²) in [7, 11) is 1.82. The molecule has 2 N–H and O–H groups in total. The van der Waals surface area contributed by atoms with E-state index >= 15 is 0 Å². The van der Waals surface area contributed by atoms with E-state index in [1.165, 1.54) is 6.07 Å². The van der Waals surface area contributed by atoms with E-state index in [0.29, 0.717) is 24.1 Å². The van der Waals surface area contributed by atoms with Crippen LogP contribution in [0.3, 0.4) is 0 Å². The number of benzene rings is 2. The zero-order valence-electron chi connectivity index (χ0n) is 16.8. The van der Waals surface area contributed by atoms with Crippen LogP contribution in [0, 0.1) is 6.92 Å². The van der Waals surface area contributed by atoms with E-state index in [1.807, 2.05) is 37.5 Å². The summed E-state index contributed by atoms with van der Waals surface area (Å²) in [6, 6.07) is 12.1. The highest BCUT2D eigenvalue weighted by atomic mass is 16.3. The van der Waals surface area contributed by atoms with Crippen LogP contribution in [0.15, 0.2) is 54.9 Å². The van der Waals surface area contributed by atoms with Gasteiger partial charge in [0.2, 0.25) is 5.91 Å². The average Bonchev–Trinajstić information content (AvgIpc) is 3.41. The maximum atomic E-state index is 13.5. The monoisotopic (exact) mass is 402 g/mol. The molecule has 30 heavy (non-hydrogen) atoms. The molecule has 2 aliphatic rings. The predicted molar refractivity (Wildman–Crippen MR) is 111 cm³/mol. The molecule has 0 aliphatic carbocycles. The van der Waals surface area contributed by atoms with E-state index in [4.69, 9.17) is 0 Å². The van der Waals surface area contributed by atoms with Crippen LogP contribution < -0.4 is 5.32 Å². The number of phenolic OH excluding ortho intramolecular Hbond substituents is 1. The molecule has 2 aromatic carbocycles. The molecule has 3 aromatic rings. The number of likely N-dealkylation sites (tertiary alicyclic amines) is 1. The molecule has 7 nitrogen and oxygen atoms in total. The van der Waals surface area contributed by atoms with E-state index < -0.39 is 11.5 Å². The molecule has 1 saturated heterocycles. The van der Waals surface area contributed by atoms with Crippen molar-refractivity contribution < 1.29 is 14.7 Å². The smallest absolute Gasteiger partial charge is 0.254 e. The van der Waals surface area contributed by atoms with Crippen LogP contribution in [0.1, 0.15) is 39.5 Å². The highest BCUT2D eigenvalue weighted by molar-refractivity contribution is 6.08. The molecule has 0 bridgehead atoms. The molecule has 7 heteroatoms. The first-order valence-corrected chi connectivity index (χ1v) is 9.92. The van der Waals surface area contributed by atoms with Gasteiger partial charge in [-0.2, -0.15) is 5.10 Å². The molecular weight excluding hydrogens is 380 g/mol. The van der Waals surface area contributed by atoms with Gasteiger partial charge in [0.15, 0.2) is 0 Å². The number of carbonyl (C=O) groups excluding carboxylic acids is 2. The highest BCUT2D eigenvalue weighted by Gasteiger charge is 2.59. The van der Waals surface area contributed by atoms with E-state index in [2.05, 4.69) is 10.4 Å². The van der Waals surface area contributed by atoms with Crippen molar-refractivity contribution in [1.82, 2.24) is 14.7 Å². The maximum absolute atomic E-state index is 13.5. The molecular formula is C23H22N4O3. The minimum Gasteiger partial charge on any atom is -0.508 e. The van der Waals surface area contributed by atoms with Crippen molar-refractivity contribution in [1.29, 1.82) is 0 Å². The fraction of sp³-hybridized carbons (Fsp3) is 0.261. The van der Waals surface area contributed by atoms with Gasteiger partial charge in [0, 0.05) is 36.6 Å². The average molecular weight is 402 g/mol. The van der Waals surface area contributed by atoms with Gasteiger partial charge in [-0.25, -0.2) is 0 Å². The van der Waals surface area contributed by atoms with Crippen molar-refractivity contribution in [2.75, 3.05) is 11.9 Å². The lowest BCUT2D eigenvalue weighted by Gasteiger charge is -2.33. The summed E-state index contributed by atoms with van der Waals surface area (Å²) in [6.07, 6.45) is 4.09. The molecule has 0 saturated carbocycles. The van der Waals surface area contributed by atoms with Crippen LogP contribution in [-0.4, -0.2) is 38.1 Å². The van der Waals surface area contributed by atoms with E-state index in [0.717, 1.165) is 16.8 Å². The standard InChI is InChI=1S/C23H22N4O3/c1-14-7-8-15(11-19(14)28)21(29)27-10-9-23(20(27)16-12-24-26(2)13-16)17-5-3-4-6-18(17)25-22(23)30/h3-8,11-13,20,28H,9-10H2,1-2H3,(H,25,30). The summed E-state index contributed by atoms with van der Waals surface area (Å²) in [5.74, 6) is -0.232. The second-order valence-electron chi connectivity index (χ2n) is 8.07. The Bertz CT molecular complexity index is 1180. The van der Waals surface area contributed by atoms with Crippen molar-refractivity contribution in [2.45, 2.75) is 24.8 Å². The number of nitrogens with one attached hydrogen (secondary N) is 1. The summed E-state index contributed by atoms with van der Waals surface area (Å²) < 4.78 is 1.68. The molecule has 0 radical (unpaired) electrons. The van der Waals surface area contributed by atoms with Gasteiger partial charge in [-0.05, 0) is 42.7 Å². The van der Waals surface area contributed by atoms with Gasteiger partial charge in [0.1, 0.15) is 11.2 Å². The van der Waals surface area contributed by atoms with E-state index in [-0.39, 0.29) is 17.6 Å². The SMILES string of the molecule is Cc1ccc(C(=O)N2CCC3(C(=O)Nc4ccccc43)C2c2cnn(C)c2)cc1O. The second-order valence-corrected chi connectivity index (χ2v) is 8.07. The largest absolute Gasteiger partial charge is 0.508 e. The Balaban J connectivity index is 1.65. The number of anilines is 1. The number of hydrogen-bond donors (Lipinski definition) is 2. The minimum absolute atomic E-state index is 0.0802. The van der Waals surface area contributed by atoms with Crippen LogP contribution in [0.2, 0.25) is 0 Å². The molecule has 2 amide bonds. The third-order valence-corrected chi connectivity index (χ3v) is 6.34. The van der Waals surface area contributed by atoms with Crippen molar-refractivity contribution in [3.63, 3.8) is 0 Å². The van der Waals surface area contributed by atoms with Gasteiger partial charge in [-0.3, -0.25) is 14.3 Å². The van der Waals surface area contributed by atoms with Crippen LogP contribution in [0.4, 0.5) is 5.69 Å². The van der Waals surface area contributed by atoms with Crippen LogP contribution in [-0.2, 0) is 17.3 Å². The summed E-state index contributed by atoms with van der Waals surface area (Å²) in [5, 5.41) is 17.4. The molecule has 2 unspecified atom stereocenters. The minimum atomic E-state index is -0.873. The van der Waals surface area contributed by atoms with Crippen molar-refractivity contribution in [3.8, 4) is 5.75 Å². The number of aryl methyl sites for hydroxylation is 2. The van der Waals surface area contributed by atoms with Crippen LogP contribution in [0.5, 0.6) is 5.75 Å². The summed E-state index contributed by atoms with van der Waals surface area (Å²) in [6.45, 7) is 2.21. The molecule has 5 rings (SSSR count). The molecule has 2 atom stereocenters. The summed E-state index contributed by atoms with van der Waals surface area (Å²) >= 11 is 0. The number of amides is 2. The Labute approximate surface area is 173 Å². The molecule has 1 spiro atoms. The quantitative estimate of drug-likeness (QED) is 0.690. The van der Waals surface area contributed by atoms with Gasteiger partial charge in [0.25, 0.3) is 5.91 Å². The molecule has 3 heterocycles. The number of para-hydroxylation sites is 1. The number of aromatic hydroxyl groups is 1. The van der Waals surface area contributed by atoms with Gasteiger partial charge in [0.05, 0.1) is 12.2 Å². The van der Waals surface area contributed by atoms with Gasteiger partial charge < -0.3 is 15.3 Å².